The van der Waals surface area contributed by atoms with Gasteiger partial charge < -0.3 is 4.42 Å². The molecule has 2 rings (SSSR count). The number of hydrogen-bond donors (Lipinski definition) is 1. The summed E-state index contributed by atoms with van der Waals surface area (Å²) >= 11 is 11.7. The first kappa shape index (κ1) is 14.4. The van der Waals surface area contributed by atoms with Crippen LogP contribution in [0.3, 0.4) is 0 Å². The van der Waals surface area contributed by atoms with Crippen molar-refractivity contribution in [3.63, 3.8) is 0 Å². The summed E-state index contributed by atoms with van der Waals surface area (Å²) in [5.74, 6) is 0.515. The van der Waals surface area contributed by atoms with Crippen molar-refractivity contribution in [3.05, 3.63) is 52.4 Å². The molecule has 1 aromatic heterocycles. The van der Waals surface area contributed by atoms with Gasteiger partial charge in [0.05, 0.1) is 17.3 Å². The molecule has 1 N–H and O–H groups in total. The fraction of sp³-hybridized carbons (Fsp3) is 0.167. The maximum Gasteiger partial charge on any atom is 0.242 e. The molecule has 0 aliphatic carbocycles. The average molecular weight is 320 g/mol. The summed E-state index contributed by atoms with van der Waals surface area (Å²) < 4.78 is 32.1. The second-order valence-electron chi connectivity index (χ2n) is 3.93. The Balaban J connectivity index is 2.30. The number of furan rings is 1. The molecule has 0 aliphatic heterocycles. The SMILES string of the molecule is C[C@H](NS(=O)(=O)c1cc(Cl)ccc1Cl)c1ccco1. The van der Waals surface area contributed by atoms with E-state index >= 15 is 0 Å². The number of sulfonamides is 1. The summed E-state index contributed by atoms with van der Waals surface area (Å²) in [6.45, 7) is 1.68. The van der Waals surface area contributed by atoms with Gasteiger partial charge in [0.25, 0.3) is 0 Å². The van der Waals surface area contributed by atoms with E-state index in [2.05, 4.69) is 4.72 Å². The molecule has 7 heteroatoms. The van der Waals surface area contributed by atoms with Crippen LogP contribution in [0.4, 0.5) is 0 Å². The first-order chi connectivity index (χ1) is 8.90. The van der Waals surface area contributed by atoms with E-state index in [0.29, 0.717) is 10.8 Å². The zero-order valence-corrected chi connectivity index (χ0v) is 12.3. The van der Waals surface area contributed by atoms with E-state index < -0.39 is 16.1 Å². The molecule has 1 atom stereocenters. The van der Waals surface area contributed by atoms with Crippen LogP contribution in [0, 0.1) is 0 Å². The lowest BCUT2D eigenvalue weighted by Gasteiger charge is -2.13. The standard InChI is InChI=1S/C12H11Cl2NO3S/c1-8(11-3-2-6-18-11)15-19(16,17)12-7-9(13)4-5-10(12)14/h2-8,15H,1H3/t8-/m0/s1. The molecule has 4 nitrogen and oxygen atoms in total. The summed E-state index contributed by atoms with van der Waals surface area (Å²) in [4.78, 5) is -0.0555. The van der Waals surface area contributed by atoms with Crippen molar-refractivity contribution in [1.82, 2.24) is 4.72 Å². The summed E-state index contributed by atoms with van der Waals surface area (Å²) in [6.07, 6.45) is 1.48. The van der Waals surface area contributed by atoms with Crippen molar-refractivity contribution in [1.29, 1.82) is 0 Å². The Morgan fingerprint density at radius 2 is 2.00 bits per heavy atom. The topological polar surface area (TPSA) is 59.3 Å². The van der Waals surface area contributed by atoms with Gasteiger partial charge in [0.1, 0.15) is 10.7 Å². The molecule has 0 amide bonds. The molecule has 1 heterocycles. The predicted octanol–water partition coefficient (Wildman–Crippen LogP) is 3.63. The highest BCUT2D eigenvalue weighted by molar-refractivity contribution is 7.89. The number of halogens is 2. The van der Waals surface area contributed by atoms with E-state index in [4.69, 9.17) is 27.6 Å². The number of benzene rings is 1. The first-order valence-corrected chi connectivity index (χ1v) is 7.65. The Kier molecular flexibility index (Phi) is 4.20. The molecule has 0 radical (unpaired) electrons. The van der Waals surface area contributed by atoms with Crippen molar-refractivity contribution in [2.45, 2.75) is 17.9 Å². The third-order valence-electron chi connectivity index (χ3n) is 2.48. The highest BCUT2D eigenvalue weighted by atomic mass is 35.5. The number of hydrogen-bond acceptors (Lipinski definition) is 3. The molecular weight excluding hydrogens is 309 g/mol. The second-order valence-corrected chi connectivity index (χ2v) is 6.46. The van der Waals surface area contributed by atoms with E-state index in [-0.39, 0.29) is 9.92 Å². The zero-order valence-electron chi connectivity index (χ0n) is 9.93. The van der Waals surface area contributed by atoms with Crippen LogP contribution in [-0.4, -0.2) is 8.42 Å². The van der Waals surface area contributed by atoms with Gasteiger partial charge in [-0.3, -0.25) is 0 Å². The molecule has 0 saturated heterocycles. The van der Waals surface area contributed by atoms with Crippen LogP contribution in [0.5, 0.6) is 0 Å². The van der Waals surface area contributed by atoms with E-state index in [1.807, 2.05) is 0 Å². The van der Waals surface area contributed by atoms with Crippen LogP contribution in [0.1, 0.15) is 18.7 Å². The third kappa shape index (κ3) is 3.30. The monoisotopic (exact) mass is 319 g/mol. The van der Waals surface area contributed by atoms with Gasteiger partial charge in [0.15, 0.2) is 0 Å². The highest BCUT2D eigenvalue weighted by Crippen LogP contribution is 2.26. The minimum atomic E-state index is -3.77. The van der Waals surface area contributed by atoms with Crippen molar-refractivity contribution in [2.24, 2.45) is 0 Å². The van der Waals surface area contributed by atoms with Crippen LogP contribution in [0.25, 0.3) is 0 Å². The van der Waals surface area contributed by atoms with Gasteiger partial charge in [-0.25, -0.2) is 13.1 Å². The van der Waals surface area contributed by atoms with E-state index in [1.54, 1.807) is 19.1 Å². The van der Waals surface area contributed by atoms with Crippen molar-refractivity contribution in [2.75, 3.05) is 0 Å². The average Bonchev–Trinajstić information content (AvgIpc) is 2.85. The largest absolute Gasteiger partial charge is 0.468 e. The van der Waals surface area contributed by atoms with Crippen molar-refractivity contribution >= 4 is 33.2 Å². The van der Waals surface area contributed by atoms with Gasteiger partial charge in [-0.1, -0.05) is 23.2 Å². The molecule has 2 aromatic rings. The number of rotatable bonds is 4. The lowest BCUT2D eigenvalue weighted by Crippen LogP contribution is -2.26. The minimum absolute atomic E-state index is 0.0555. The Labute approximate surface area is 121 Å². The smallest absolute Gasteiger partial charge is 0.242 e. The molecular formula is C12H11Cl2NO3S. The molecule has 19 heavy (non-hydrogen) atoms. The van der Waals surface area contributed by atoms with Gasteiger partial charge in [-0.05, 0) is 37.3 Å². The quantitative estimate of drug-likeness (QED) is 0.936. The zero-order chi connectivity index (χ0) is 14.0. The normalized spacial score (nSPS) is 13.4. The molecule has 0 saturated carbocycles. The maximum absolute atomic E-state index is 12.2. The molecule has 1 aromatic carbocycles. The molecule has 0 aliphatic rings. The Hall–Kier alpha value is -1.01. The van der Waals surface area contributed by atoms with Crippen molar-refractivity contribution in [3.8, 4) is 0 Å². The first-order valence-electron chi connectivity index (χ1n) is 5.41. The second kappa shape index (κ2) is 5.54. The highest BCUT2D eigenvalue weighted by Gasteiger charge is 2.22. The molecule has 0 spiro atoms. The van der Waals surface area contributed by atoms with Gasteiger partial charge in [-0.2, -0.15) is 0 Å². The third-order valence-corrected chi connectivity index (χ3v) is 4.74. The molecule has 0 unspecified atom stereocenters. The summed E-state index contributed by atoms with van der Waals surface area (Å²) in [5, 5.41) is 0.416. The fourth-order valence-electron chi connectivity index (χ4n) is 1.58. The predicted molar refractivity (Wildman–Crippen MR) is 73.9 cm³/mol. The molecule has 102 valence electrons. The lowest BCUT2D eigenvalue weighted by molar-refractivity contribution is 0.459. The van der Waals surface area contributed by atoms with Crippen LogP contribution < -0.4 is 4.72 Å². The Bertz CT molecular complexity index is 668. The minimum Gasteiger partial charge on any atom is -0.468 e. The summed E-state index contributed by atoms with van der Waals surface area (Å²) in [6, 6.07) is 7.14. The molecule has 0 fully saturated rings. The van der Waals surface area contributed by atoms with Gasteiger partial charge >= 0.3 is 0 Å². The van der Waals surface area contributed by atoms with Gasteiger partial charge in [0, 0.05) is 5.02 Å². The molecule has 0 bridgehead atoms. The van der Waals surface area contributed by atoms with Crippen LogP contribution >= 0.6 is 23.2 Å². The number of nitrogens with one attached hydrogen (secondary N) is 1. The van der Waals surface area contributed by atoms with E-state index in [0.717, 1.165) is 0 Å². The Morgan fingerprint density at radius 3 is 2.63 bits per heavy atom. The van der Waals surface area contributed by atoms with E-state index in [9.17, 15) is 8.42 Å². The lowest BCUT2D eigenvalue weighted by atomic mass is 10.3. The van der Waals surface area contributed by atoms with Gasteiger partial charge in [-0.15, -0.1) is 0 Å². The van der Waals surface area contributed by atoms with E-state index in [1.165, 1.54) is 24.5 Å². The van der Waals surface area contributed by atoms with Crippen LogP contribution in [-0.2, 0) is 10.0 Å². The summed E-state index contributed by atoms with van der Waals surface area (Å²) in [5.41, 5.74) is 0. The Morgan fingerprint density at radius 1 is 1.26 bits per heavy atom. The van der Waals surface area contributed by atoms with Crippen molar-refractivity contribution < 1.29 is 12.8 Å². The van der Waals surface area contributed by atoms with Crippen LogP contribution in [0.15, 0.2) is 45.9 Å². The summed E-state index contributed by atoms with van der Waals surface area (Å²) in [7, 11) is -3.77. The van der Waals surface area contributed by atoms with Gasteiger partial charge in [0.2, 0.25) is 10.0 Å². The van der Waals surface area contributed by atoms with Crippen LogP contribution in [0.2, 0.25) is 10.0 Å². The fourth-order valence-corrected chi connectivity index (χ4v) is 3.55. The maximum atomic E-state index is 12.2.